The van der Waals surface area contributed by atoms with E-state index in [1.54, 1.807) is 12.1 Å². The molecular formula is C14H19N3O3. The van der Waals surface area contributed by atoms with Gasteiger partial charge in [0.05, 0.1) is 30.0 Å². The molecule has 1 aliphatic heterocycles. The Bertz CT molecular complexity index is 510. The molecule has 6 heteroatoms. The van der Waals surface area contributed by atoms with Crippen LogP contribution in [0.4, 0.5) is 11.4 Å². The van der Waals surface area contributed by atoms with Gasteiger partial charge in [0, 0.05) is 6.54 Å². The molecule has 4 N–H and O–H groups in total. The average Bonchev–Trinajstić information content (AvgIpc) is 2.49. The van der Waals surface area contributed by atoms with Crippen molar-refractivity contribution in [2.24, 2.45) is 5.92 Å². The van der Waals surface area contributed by atoms with Gasteiger partial charge < -0.3 is 21.1 Å². The molecule has 0 aliphatic carbocycles. The van der Waals surface area contributed by atoms with Crippen LogP contribution in [0.25, 0.3) is 0 Å². The molecular weight excluding hydrogens is 258 g/mol. The Morgan fingerprint density at radius 3 is 2.90 bits per heavy atom. The maximum atomic E-state index is 12.1. The van der Waals surface area contributed by atoms with E-state index in [2.05, 4.69) is 15.4 Å². The Balaban J connectivity index is 2.11. The minimum absolute atomic E-state index is 0.0649. The van der Waals surface area contributed by atoms with Crippen molar-refractivity contribution < 1.29 is 14.3 Å². The molecule has 1 aromatic carbocycles. The molecule has 1 heterocycles. The number of piperidine rings is 1. The molecule has 1 aliphatic rings. The van der Waals surface area contributed by atoms with Crippen LogP contribution in [0.2, 0.25) is 0 Å². The Morgan fingerprint density at radius 2 is 2.25 bits per heavy atom. The first-order valence-electron chi connectivity index (χ1n) is 6.61. The second-order valence-corrected chi connectivity index (χ2v) is 4.83. The molecule has 1 saturated heterocycles. The van der Waals surface area contributed by atoms with Crippen LogP contribution in [0.15, 0.2) is 18.2 Å². The predicted octanol–water partition coefficient (Wildman–Crippen LogP) is 0.993. The molecule has 1 atom stereocenters. The van der Waals surface area contributed by atoms with Crippen LogP contribution in [0.3, 0.4) is 0 Å². The van der Waals surface area contributed by atoms with E-state index in [9.17, 15) is 9.59 Å². The van der Waals surface area contributed by atoms with Crippen molar-refractivity contribution in [1.29, 1.82) is 0 Å². The maximum Gasteiger partial charge on any atom is 0.337 e. The van der Waals surface area contributed by atoms with Crippen molar-refractivity contribution in [3.8, 4) is 0 Å². The summed E-state index contributed by atoms with van der Waals surface area (Å²) in [4.78, 5) is 23.6. The van der Waals surface area contributed by atoms with Crippen LogP contribution in [0.5, 0.6) is 0 Å². The molecule has 0 aromatic heterocycles. The minimum atomic E-state index is -0.458. The lowest BCUT2D eigenvalue weighted by atomic mass is 9.98. The Morgan fingerprint density at radius 1 is 1.45 bits per heavy atom. The molecule has 108 valence electrons. The Kier molecular flexibility index (Phi) is 4.57. The van der Waals surface area contributed by atoms with Crippen LogP contribution in [-0.4, -0.2) is 32.1 Å². The third-order valence-electron chi connectivity index (χ3n) is 3.40. The maximum absolute atomic E-state index is 12.1. The molecule has 1 fully saturated rings. The normalized spacial score (nSPS) is 18.4. The summed E-state index contributed by atoms with van der Waals surface area (Å²) in [5.41, 5.74) is 7.06. The molecule has 20 heavy (non-hydrogen) atoms. The van der Waals surface area contributed by atoms with E-state index < -0.39 is 5.97 Å². The van der Waals surface area contributed by atoms with Gasteiger partial charge >= 0.3 is 5.97 Å². The highest BCUT2D eigenvalue weighted by Crippen LogP contribution is 2.22. The summed E-state index contributed by atoms with van der Waals surface area (Å²) in [6.07, 6.45) is 1.84. The predicted molar refractivity (Wildman–Crippen MR) is 76.4 cm³/mol. The fourth-order valence-electron chi connectivity index (χ4n) is 2.22. The summed E-state index contributed by atoms with van der Waals surface area (Å²) >= 11 is 0. The molecule has 6 nitrogen and oxygen atoms in total. The van der Waals surface area contributed by atoms with E-state index in [0.717, 1.165) is 19.4 Å². The number of methoxy groups -OCH3 is 1. The zero-order valence-electron chi connectivity index (χ0n) is 11.4. The number of rotatable bonds is 3. The van der Waals surface area contributed by atoms with Crippen molar-refractivity contribution >= 4 is 23.3 Å². The lowest BCUT2D eigenvalue weighted by molar-refractivity contribution is -0.120. The Hall–Kier alpha value is -2.08. The first-order chi connectivity index (χ1) is 9.61. The smallest absolute Gasteiger partial charge is 0.337 e. The third-order valence-corrected chi connectivity index (χ3v) is 3.40. The largest absolute Gasteiger partial charge is 0.465 e. The molecule has 0 bridgehead atoms. The van der Waals surface area contributed by atoms with Crippen LogP contribution < -0.4 is 16.4 Å². The number of hydrogen-bond acceptors (Lipinski definition) is 5. The second-order valence-electron chi connectivity index (χ2n) is 4.83. The molecule has 0 spiro atoms. The summed E-state index contributed by atoms with van der Waals surface area (Å²) in [5, 5.41) is 5.98. The molecule has 0 radical (unpaired) electrons. The number of benzene rings is 1. The van der Waals surface area contributed by atoms with Gasteiger partial charge in [-0.1, -0.05) is 0 Å². The number of nitrogens with one attached hydrogen (secondary N) is 2. The molecule has 1 unspecified atom stereocenters. The van der Waals surface area contributed by atoms with Gasteiger partial charge in [0.15, 0.2) is 0 Å². The number of carbonyl (C=O) groups excluding carboxylic acids is 2. The highest BCUT2D eigenvalue weighted by Gasteiger charge is 2.21. The van der Waals surface area contributed by atoms with E-state index >= 15 is 0 Å². The first kappa shape index (κ1) is 14.3. The number of anilines is 2. The van der Waals surface area contributed by atoms with Crippen LogP contribution in [-0.2, 0) is 9.53 Å². The summed E-state index contributed by atoms with van der Waals surface area (Å²) in [6, 6.07) is 4.69. The van der Waals surface area contributed by atoms with Crippen LogP contribution in [0.1, 0.15) is 23.2 Å². The van der Waals surface area contributed by atoms with Gasteiger partial charge in [0.2, 0.25) is 5.91 Å². The van der Waals surface area contributed by atoms with Gasteiger partial charge in [-0.3, -0.25) is 4.79 Å². The lowest BCUT2D eigenvalue weighted by Gasteiger charge is -2.22. The number of esters is 1. The summed E-state index contributed by atoms with van der Waals surface area (Å²) in [5.74, 6) is -0.601. The summed E-state index contributed by atoms with van der Waals surface area (Å²) < 4.78 is 4.65. The number of ether oxygens (including phenoxy) is 1. The third kappa shape index (κ3) is 3.27. The molecule has 0 saturated carbocycles. The van der Waals surface area contributed by atoms with E-state index in [4.69, 9.17) is 5.73 Å². The minimum Gasteiger partial charge on any atom is -0.465 e. The van der Waals surface area contributed by atoms with Gasteiger partial charge in [0.25, 0.3) is 0 Å². The molecule has 1 amide bonds. The number of carbonyl (C=O) groups is 2. The van der Waals surface area contributed by atoms with Crippen LogP contribution >= 0.6 is 0 Å². The van der Waals surface area contributed by atoms with Gasteiger partial charge in [0.1, 0.15) is 0 Å². The number of amides is 1. The summed E-state index contributed by atoms with van der Waals surface area (Å²) in [6.45, 7) is 1.62. The second kappa shape index (κ2) is 6.38. The number of nitrogen functional groups attached to an aromatic ring is 1. The molecule has 2 rings (SSSR count). The van der Waals surface area contributed by atoms with E-state index in [-0.39, 0.29) is 11.8 Å². The van der Waals surface area contributed by atoms with E-state index in [1.807, 2.05) is 0 Å². The SMILES string of the molecule is COC(=O)c1ccc(N)c(NC(=O)C2CCCNC2)c1. The fraction of sp³-hybridized carbons (Fsp3) is 0.429. The summed E-state index contributed by atoms with van der Waals surface area (Å²) in [7, 11) is 1.31. The first-order valence-corrected chi connectivity index (χ1v) is 6.61. The Labute approximate surface area is 117 Å². The van der Waals surface area contributed by atoms with Gasteiger partial charge in [-0.05, 0) is 37.6 Å². The monoisotopic (exact) mass is 277 g/mol. The fourth-order valence-corrected chi connectivity index (χ4v) is 2.22. The highest BCUT2D eigenvalue weighted by molar-refractivity contribution is 5.98. The van der Waals surface area contributed by atoms with E-state index in [1.165, 1.54) is 13.2 Å². The quantitative estimate of drug-likeness (QED) is 0.566. The van der Waals surface area contributed by atoms with Crippen molar-refractivity contribution in [3.63, 3.8) is 0 Å². The average molecular weight is 277 g/mol. The lowest BCUT2D eigenvalue weighted by Crippen LogP contribution is -2.37. The highest BCUT2D eigenvalue weighted by atomic mass is 16.5. The van der Waals surface area contributed by atoms with Crippen molar-refractivity contribution in [2.75, 3.05) is 31.2 Å². The zero-order valence-corrected chi connectivity index (χ0v) is 11.4. The van der Waals surface area contributed by atoms with E-state index in [0.29, 0.717) is 23.5 Å². The van der Waals surface area contributed by atoms with Crippen molar-refractivity contribution in [2.45, 2.75) is 12.8 Å². The number of nitrogens with two attached hydrogens (primary N) is 1. The van der Waals surface area contributed by atoms with Crippen molar-refractivity contribution in [1.82, 2.24) is 5.32 Å². The molecule has 1 aromatic rings. The standard InChI is InChI=1S/C14H19N3O3/c1-20-14(19)9-4-5-11(15)12(7-9)17-13(18)10-3-2-6-16-8-10/h4-5,7,10,16H,2-3,6,8,15H2,1H3,(H,17,18). The van der Waals surface area contributed by atoms with Crippen molar-refractivity contribution in [3.05, 3.63) is 23.8 Å². The van der Waals surface area contributed by atoms with Gasteiger partial charge in [-0.25, -0.2) is 4.79 Å². The van der Waals surface area contributed by atoms with Crippen LogP contribution in [0, 0.1) is 5.92 Å². The topological polar surface area (TPSA) is 93.4 Å². The number of hydrogen-bond donors (Lipinski definition) is 3. The van der Waals surface area contributed by atoms with Gasteiger partial charge in [-0.2, -0.15) is 0 Å². The van der Waals surface area contributed by atoms with Gasteiger partial charge in [-0.15, -0.1) is 0 Å². The zero-order chi connectivity index (χ0) is 14.5.